The van der Waals surface area contributed by atoms with Crippen molar-refractivity contribution in [2.24, 2.45) is 0 Å². The standard InChI is InChI=1S/C22H17ClN4O/c23-18-10-7-17(8-11-18)15-27-20-6-2-1-5-19(20)22(26-27)25-21(28)12-9-16-4-3-13-24-14-16/h1-14H,15H2,(H,25,26,28). The molecule has 0 saturated carbocycles. The molecule has 28 heavy (non-hydrogen) atoms. The van der Waals surface area contributed by atoms with Crippen LogP contribution in [0.15, 0.2) is 79.1 Å². The molecule has 6 heteroatoms. The van der Waals surface area contributed by atoms with Crippen LogP contribution in [0.25, 0.3) is 17.0 Å². The number of halogens is 1. The summed E-state index contributed by atoms with van der Waals surface area (Å²) in [6, 6.07) is 19.2. The van der Waals surface area contributed by atoms with E-state index in [1.807, 2.05) is 65.3 Å². The molecule has 0 radical (unpaired) electrons. The van der Waals surface area contributed by atoms with Crippen LogP contribution in [0.2, 0.25) is 5.02 Å². The highest BCUT2D eigenvalue weighted by Gasteiger charge is 2.12. The lowest BCUT2D eigenvalue weighted by Gasteiger charge is -2.03. The molecule has 0 unspecified atom stereocenters. The van der Waals surface area contributed by atoms with Gasteiger partial charge in [-0.1, -0.05) is 41.9 Å². The van der Waals surface area contributed by atoms with Crippen LogP contribution in [-0.2, 0) is 11.3 Å². The fraction of sp³-hybridized carbons (Fsp3) is 0.0455. The molecule has 2 aromatic carbocycles. The van der Waals surface area contributed by atoms with E-state index in [1.54, 1.807) is 18.5 Å². The van der Waals surface area contributed by atoms with Crippen LogP contribution >= 0.6 is 11.6 Å². The smallest absolute Gasteiger partial charge is 0.249 e. The van der Waals surface area contributed by atoms with Crippen LogP contribution in [0.5, 0.6) is 0 Å². The molecular formula is C22H17ClN4O. The minimum atomic E-state index is -0.245. The zero-order chi connectivity index (χ0) is 19.3. The van der Waals surface area contributed by atoms with Gasteiger partial charge in [-0.05, 0) is 47.5 Å². The van der Waals surface area contributed by atoms with E-state index >= 15 is 0 Å². The highest BCUT2D eigenvalue weighted by Crippen LogP contribution is 2.24. The first kappa shape index (κ1) is 17.9. The molecule has 0 aliphatic carbocycles. The van der Waals surface area contributed by atoms with Crippen LogP contribution in [0.1, 0.15) is 11.1 Å². The van der Waals surface area contributed by atoms with E-state index in [1.165, 1.54) is 6.08 Å². The summed E-state index contributed by atoms with van der Waals surface area (Å²) in [5.74, 6) is 0.288. The van der Waals surface area contributed by atoms with Crippen molar-refractivity contribution in [3.8, 4) is 0 Å². The van der Waals surface area contributed by atoms with Gasteiger partial charge in [-0.2, -0.15) is 5.10 Å². The first-order chi connectivity index (χ1) is 13.7. The van der Waals surface area contributed by atoms with Crippen molar-refractivity contribution in [3.05, 3.63) is 95.3 Å². The van der Waals surface area contributed by atoms with Crippen molar-refractivity contribution < 1.29 is 4.79 Å². The summed E-state index contributed by atoms with van der Waals surface area (Å²) in [7, 11) is 0. The van der Waals surface area contributed by atoms with Crippen LogP contribution in [0.4, 0.5) is 5.82 Å². The number of hydrogen-bond donors (Lipinski definition) is 1. The molecule has 0 aliphatic heterocycles. The lowest BCUT2D eigenvalue weighted by atomic mass is 10.2. The number of rotatable bonds is 5. The van der Waals surface area contributed by atoms with Gasteiger partial charge in [0.05, 0.1) is 12.1 Å². The Labute approximate surface area is 167 Å². The van der Waals surface area contributed by atoms with Crippen molar-refractivity contribution in [1.29, 1.82) is 0 Å². The Balaban J connectivity index is 1.58. The Hall–Kier alpha value is -3.44. The number of fused-ring (bicyclic) bond motifs is 1. The zero-order valence-corrected chi connectivity index (χ0v) is 15.7. The summed E-state index contributed by atoms with van der Waals surface area (Å²) in [5, 5.41) is 9.06. The van der Waals surface area contributed by atoms with Gasteiger partial charge in [-0.25, -0.2) is 0 Å². The number of benzene rings is 2. The van der Waals surface area contributed by atoms with E-state index < -0.39 is 0 Å². The minimum absolute atomic E-state index is 0.245. The number of carbonyl (C=O) groups is 1. The number of carbonyl (C=O) groups excluding carboxylic acids is 1. The topological polar surface area (TPSA) is 59.8 Å². The quantitative estimate of drug-likeness (QED) is 0.500. The molecule has 0 spiro atoms. The van der Waals surface area contributed by atoms with Crippen molar-refractivity contribution >= 4 is 40.3 Å². The van der Waals surface area contributed by atoms with Crippen LogP contribution < -0.4 is 5.32 Å². The maximum atomic E-state index is 12.4. The first-order valence-electron chi connectivity index (χ1n) is 8.78. The highest BCUT2D eigenvalue weighted by atomic mass is 35.5. The van der Waals surface area contributed by atoms with E-state index in [0.717, 1.165) is 22.0 Å². The summed E-state index contributed by atoms with van der Waals surface area (Å²) in [6.45, 7) is 0.582. The van der Waals surface area contributed by atoms with Gasteiger partial charge in [0, 0.05) is 28.9 Å². The molecule has 138 valence electrons. The van der Waals surface area contributed by atoms with E-state index in [9.17, 15) is 4.79 Å². The Morgan fingerprint density at radius 3 is 2.68 bits per heavy atom. The molecule has 2 aromatic heterocycles. The molecule has 4 rings (SSSR count). The molecule has 5 nitrogen and oxygen atoms in total. The fourth-order valence-corrected chi connectivity index (χ4v) is 3.03. The number of amides is 1. The summed E-state index contributed by atoms with van der Waals surface area (Å²) in [4.78, 5) is 16.4. The lowest BCUT2D eigenvalue weighted by Crippen LogP contribution is -2.09. The number of pyridine rings is 1. The molecule has 0 saturated heterocycles. The second-order valence-electron chi connectivity index (χ2n) is 6.26. The van der Waals surface area contributed by atoms with Gasteiger partial charge in [-0.15, -0.1) is 0 Å². The predicted molar refractivity (Wildman–Crippen MR) is 112 cm³/mol. The number of nitrogens with one attached hydrogen (secondary N) is 1. The van der Waals surface area contributed by atoms with E-state index in [0.29, 0.717) is 17.4 Å². The van der Waals surface area contributed by atoms with Gasteiger partial charge < -0.3 is 5.32 Å². The monoisotopic (exact) mass is 388 g/mol. The van der Waals surface area contributed by atoms with Crippen LogP contribution in [0.3, 0.4) is 0 Å². The lowest BCUT2D eigenvalue weighted by molar-refractivity contribution is -0.111. The predicted octanol–water partition coefficient (Wildman–Crippen LogP) is 4.78. The summed E-state index contributed by atoms with van der Waals surface area (Å²) >= 11 is 5.96. The number of nitrogens with zero attached hydrogens (tertiary/aromatic N) is 3. The molecule has 1 N–H and O–H groups in total. The van der Waals surface area contributed by atoms with Crippen LogP contribution in [-0.4, -0.2) is 20.7 Å². The fourth-order valence-electron chi connectivity index (χ4n) is 2.91. The van der Waals surface area contributed by atoms with Crippen LogP contribution in [0, 0.1) is 0 Å². The first-order valence-corrected chi connectivity index (χ1v) is 9.16. The van der Waals surface area contributed by atoms with Gasteiger partial charge in [0.2, 0.25) is 5.91 Å². The van der Waals surface area contributed by atoms with Gasteiger partial charge in [0.1, 0.15) is 0 Å². The normalized spacial score (nSPS) is 11.2. The third-order valence-electron chi connectivity index (χ3n) is 4.26. The third kappa shape index (κ3) is 4.10. The van der Waals surface area contributed by atoms with Gasteiger partial charge in [-0.3, -0.25) is 14.5 Å². The molecule has 1 amide bonds. The Morgan fingerprint density at radius 1 is 1.07 bits per heavy atom. The number of para-hydroxylation sites is 1. The number of aromatic nitrogens is 3. The maximum absolute atomic E-state index is 12.4. The van der Waals surface area contributed by atoms with Gasteiger partial charge in [0.15, 0.2) is 5.82 Å². The molecular weight excluding hydrogens is 372 g/mol. The SMILES string of the molecule is O=C(C=Cc1cccnc1)Nc1nn(Cc2ccc(Cl)cc2)c2ccccc12. The Bertz CT molecular complexity index is 1130. The van der Waals surface area contributed by atoms with E-state index in [4.69, 9.17) is 11.6 Å². The summed E-state index contributed by atoms with van der Waals surface area (Å²) < 4.78 is 1.87. The van der Waals surface area contributed by atoms with Gasteiger partial charge in [0.25, 0.3) is 0 Å². The second-order valence-corrected chi connectivity index (χ2v) is 6.70. The van der Waals surface area contributed by atoms with Crippen molar-refractivity contribution in [2.75, 3.05) is 5.32 Å². The van der Waals surface area contributed by atoms with E-state index in [-0.39, 0.29) is 5.91 Å². The average Bonchev–Trinajstić information content (AvgIpc) is 3.06. The highest BCUT2D eigenvalue weighted by molar-refractivity contribution is 6.30. The molecule has 0 bridgehead atoms. The summed E-state index contributed by atoms with van der Waals surface area (Å²) in [6.07, 6.45) is 6.58. The van der Waals surface area contributed by atoms with E-state index in [2.05, 4.69) is 15.4 Å². The maximum Gasteiger partial charge on any atom is 0.249 e. The van der Waals surface area contributed by atoms with Crippen molar-refractivity contribution in [2.45, 2.75) is 6.54 Å². The van der Waals surface area contributed by atoms with Gasteiger partial charge >= 0.3 is 0 Å². The Morgan fingerprint density at radius 2 is 1.89 bits per heavy atom. The zero-order valence-electron chi connectivity index (χ0n) is 14.9. The summed E-state index contributed by atoms with van der Waals surface area (Å²) in [5.41, 5.74) is 2.88. The van der Waals surface area contributed by atoms with Crippen molar-refractivity contribution in [1.82, 2.24) is 14.8 Å². The molecule has 0 fully saturated rings. The largest absolute Gasteiger partial charge is 0.305 e. The van der Waals surface area contributed by atoms with Crippen molar-refractivity contribution in [3.63, 3.8) is 0 Å². The molecule has 2 heterocycles. The minimum Gasteiger partial charge on any atom is -0.305 e. The molecule has 0 atom stereocenters. The third-order valence-corrected chi connectivity index (χ3v) is 4.51. The average molecular weight is 389 g/mol. The Kier molecular flexibility index (Phi) is 5.17. The number of anilines is 1. The molecule has 0 aliphatic rings. The number of hydrogen-bond acceptors (Lipinski definition) is 3. The molecule has 4 aromatic rings. The second kappa shape index (κ2) is 8.06.